The van der Waals surface area contributed by atoms with Gasteiger partial charge in [0, 0.05) is 17.1 Å². The minimum absolute atomic E-state index is 0.112. The van der Waals surface area contributed by atoms with Gasteiger partial charge in [0.1, 0.15) is 0 Å². The number of halogens is 1. The number of nitriles is 1. The zero-order valence-electron chi connectivity index (χ0n) is 6.84. The van der Waals surface area contributed by atoms with Gasteiger partial charge >= 0.3 is 0 Å². The van der Waals surface area contributed by atoms with Gasteiger partial charge in [-0.05, 0) is 6.07 Å². The van der Waals surface area contributed by atoms with Gasteiger partial charge in [0.05, 0.1) is 18.0 Å². The summed E-state index contributed by atoms with van der Waals surface area (Å²) in [6, 6.07) is 7.18. The Hall–Kier alpha value is -1.82. The van der Waals surface area contributed by atoms with Crippen LogP contribution >= 0.6 is 0 Å². The molecule has 0 amide bonds. The van der Waals surface area contributed by atoms with Gasteiger partial charge in [-0.2, -0.15) is 5.26 Å². The first-order chi connectivity index (χ1) is 6.33. The molecule has 0 bridgehead atoms. The molecular weight excluding hydrogens is 167 g/mol. The molecule has 0 saturated heterocycles. The molecule has 0 saturated carbocycles. The SMILES string of the molecule is N#CCc1ccc2cc[nH]c2c1F. The minimum atomic E-state index is -0.316. The lowest BCUT2D eigenvalue weighted by Crippen LogP contribution is -1.89. The highest BCUT2D eigenvalue weighted by molar-refractivity contribution is 5.80. The number of rotatable bonds is 1. The van der Waals surface area contributed by atoms with E-state index < -0.39 is 0 Å². The number of aromatic nitrogens is 1. The molecule has 0 unspecified atom stereocenters. The molecule has 2 nitrogen and oxygen atoms in total. The monoisotopic (exact) mass is 174 g/mol. The molecule has 3 heteroatoms. The number of nitrogens with zero attached hydrogens (tertiary/aromatic N) is 1. The highest BCUT2D eigenvalue weighted by Crippen LogP contribution is 2.19. The summed E-state index contributed by atoms with van der Waals surface area (Å²) in [6.07, 6.45) is 1.80. The van der Waals surface area contributed by atoms with Gasteiger partial charge in [-0.1, -0.05) is 12.1 Å². The summed E-state index contributed by atoms with van der Waals surface area (Å²) < 4.78 is 13.5. The van der Waals surface area contributed by atoms with Crippen molar-refractivity contribution in [1.29, 1.82) is 5.26 Å². The third-order valence-corrected chi connectivity index (χ3v) is 2.01. The van der Waals surface area contributed by atoms with Crippen molar-refractivity contribution in [3.8, 4) is 6.07 Å². The van der Waals surface area contributed by atoms with Crippen molar-refractivity contribution < 1.29 is 4.39 Å². The Labute approximate surface area is 74.6 Å². The molecule has 0 atom stereocenters. The Bertz CT molecular complexity index is 479. The van der Waals surface area contributed by atoms with Crippen LogP contribution in [0.2, 0.25) is 0 Å². The van der Waals surface area contributed by atoms with E-state index in [1.54, 1.807) is 18.3 Å². The first-order valence-electron chi connectivity index (χ1n) is 3.94. The number of hydrogen-bond donors (Lipinski definition) is 1. The Morgan fingerprint density at radius 3 is 3.00 bits per heavy atom. The number of hydrogen-bond acceptors (Lipinski definition) is 1. The summed E-state index contributed by atoms with van der Waals surface area (Å²) >= 11 is 0. The highest BCUT2D eigenvalue weighted by atomic mass is 19.1. The second-order valence-electron chi connectivity index (χ2n) is 2.82. The molecular formula is C10H7FN2. The van der Waals surface area contributed by atoms with Crippen LogP contribution in [0.1, 0.15) is 5.56 Å². The van der Waals surface area contributed by atoms with E-state index in [9.17, 15) is 4.39 Å². The van der Waals surface area contributed by atoms with Gasteiger partial charge in [-0.3, -0.25) is 0 Å². The van der Waals surface area contributed by atoms with E-state index >= 15 is 0 Å². The van der Waals surface area contributed by atoms with Crippen molar-refractivity contribution in [2.24, 2.45) is 0 Å². The Morgan fingerprint density at radius 1 is 1.38 bits per heavy atom. The molecule has 64 valence electrons. The lowest BCUT2D eigenvalue weighted by atomic mass is 10.1. The number of fused-ring (bicyclic) bond motifs is 1. The minimum Gasteiger partial charge on any atom is -0.359 e. The standard InChI is InChI=1S/C10H7FN2/c11-9-7(3-5-12)1-2-8-4-6-13-10(8)9/h1-2,4,6,13H,3H2. The second-order valence-corrected chi connectivity index (χ2v) is 2.82. The smallest absolute Gasteiger partial charge is 0.151 e. The quantitative estimate of drug-likeness (QED) is 0.708. The lowest BCUT2D eigenvalue weighted by Gasteiger charge is -1.98. The first kappa shape index (κ1) is 7.81. The van der Waals surface area contributed by atoms with Crippen molar-refractivity contribution in [2.45, 2.75) is 6.42 Å². The summed E-state index contributed by atoms with van der Waals surface area (Å²) in [5.74, 6) is -0.316. The van der Waals surface area contributed by atoms with Crippen molar-refractivity contribution in [2.75, 3.05) is 0 Å². The van der Waals surface area contributed by atoms with Gasteiger partial charge < -0.3 is 4.98 Å². The van der Waals surface area contributed by atoms with Crippen LogP contribution in [-0.4, -0.2) is 4.98 Å². The van der Waals surface area contributed by atoms with E-state index in [-0.39, 0.29) is 12.2 Å². The lowest BCUT2D eigenvalue weighted by molar-refractivity contribution is 0.625. The maximum absolute atomic E-state index is 13.5. The fourth-order valence-electron chi connectivity index (χ4n) is 1.36. The van der Waals surface area contributed by atoms with Crippen molar-refractivity contribution >= 4 is 10.9 Å². The van der Waals surface area contributed by atoms with Crippen LogP contribution in [0, 0.1) is 17.1 Å². The number of nitrogens with one attached hydrogen (secondary N) is 1. The van der Waals surface area contributed by atoms with Crippen LogP contribution < -0.4 is 0 Å². The van der Waals surface area contributed by atoms with Crippen molar-refractivity contribution in [3.63, 3.8) is 0 Å². The van der Waals surface area contributed by atoms with E-state index in [0.29, 0.717) is 11.1 Å². The normalized spacial score (nSPS) is 10.2. The molecule has 0 aliphatic rings. The molecule has 2 rings (SSSR count). The highest BCUT2D eigenvalue weighted by Gasteiger charge is 2.06. The molecule has 1 heterocycles. The van der Waals surface area contributed by atoms with Crippen LogP contribution in [0.25, 0.3) is 10.9 Å². The maximum Gasteiger partial charge on any atom is 0.151 e. The maximum atomic E-state index is 13.5. The van der Waals surface area contributed by atoms with E-state index in [1.807, 2.05) is 12.1 Å². The fourth-order valence-corrected chi connectivity index (χ4v) is 1.36. The molecule has 0 aliphatic heterocycles. The molecule has 0 aliphatic carbocycles. The molecule has 13 heavy (non-hydrogen) atoms. The summed E-state index contributed by atoms with van der Waals surface area (Å²) in [4.78, 5) is 2.80. The third kappa shape index (κ3) is 1.17. The van der Waals surface area contributed by atoms with Gasteiger partial charge in [0.2, 0.25) is 0 Å². The molecule has 2 aromatic rings. The van der Waals surface area contributed by atoms with Crippen LogP contribution in [0.15, 0.2) is 24.4 Å². The van der Waals surface area contributed by atoms with Gasteiger partial charge in [0.25, 0.3) is 0 Å². The van der Waals surface area contributed by atoms with E-state index in [4.69, 9.17) is 5.26 Å². The first-order valence-corrected chi connectivity index (χ1v) is 3.94. The van der Waals surface area contributed by atoms with Crippen LogP contribution in [0.3, 0.4) is 0 Å². The molecule has 0 fully saturated rings. The Kier molecular flexibility index (Phi) is 1.75. The summed E-state index contributed by atoms with van der Waals surface area (Å²) in [6.45, 7) is 0. The molecule has 1 N–H and O–H groups in total. The van der Waals surface area contributed by atoms with Crippen molar-refractivity contribution in [1.82, 2.24) is 4.98 Å². The predicted octanol–water partition coefficient (Wildman–Crippen LogP) is 2.37. The molecule has 0 radical (unpaired) electrons. The van der Waals surface area contributed by atoms with E-state index in [0.717, 1.165) is 5.39 Å². The zero-order chi connectivity index (χ0) is 9.26. The topological polar surface area (TPSA) is 39.6 Å². The molecule has 1 aromatic heterocycles. The number of aromatic amines is 1. The largest absolute Gasteiger partial charge is 0.359 e. The van der Waals surface area contributed by atoms with Gasteiger partial charge in [-0.25, -0.2) is 4.39 Å². The third-order valence-electron chi connectivity index (χ3n) is 2.01. The Morgan fingerprint density at radius 2 is 2.23 bits per heavy atom. The second kappa shape index (κ2) is 2.91. The predicted molar refractivity (Wildman–Crippen MR) is 47.6 cm³/mol. The average Bonchev–Trinajstić information content (AvgIpc) is 2.58. The zero-order valence-corrected chi connectivity index (χ0v) is 6.84. The van der Waals surface area contributed by atoms with E-state index in [1.165, 1.54) is 0 Å². The summed E-state index contributed by atoms with van der Waals surface area (Å²) in [7, 11) is 0. The number of H-pyrrole nitrogens is 1. The summed E-state index contributed by atoms with van der Waals surface area (Å²) in [5, 5.41) is 9.27. The van der Waals surface area contributed by atoms with Crippen molar-refractivity contribution in [3.05, 3.63) is 35.8 Å². The summed E-state index contributed by atoms with van der Waals surface area (Å²) in [5.41, 5.74) is 0.921. The Balaban J connectivity index is 2.67. The van der Waals surface area contributed by atoms with E-state index in [2.05, 4.69) is 4.98 Å². The fraction of sp³-hybridized carbons (Fsp3) is 0.100. The van der Waals surface area contributed by atoms with Crippen LogP contribution in [0.5, 0.6) is 0 Å². The van der Waals surface area contributed by atoms with Crippen LogP contribution in [-0.2, 0) is 6.42 Å². The van der Waals surface area contributed by atoms with Gasteiger partial charge in [-0.15, -0.1) is 0 Å². The number of benzene rings is 1. The average molecular weight is 174 g/mol. The van der Waals surface area contributed by atoms with Crippen LogP contribution in [0.4, 0.5) is 4.39 Å². The van der Waals surface area contributed by atoms with Gasteiger partial charge in [0.15, 0.2) is 5.82 Å². The molecule has 0 spiro atoms. The molecule has 1 aromatic carbocycles.